The smallest absolute Gasteiger partial charge is 0.112 e. The first-order valence-corrected chi connectivity index (χ1v) is 4.39. The van der Waals surface area contributed by atoms with E-state index in [1.807, 2.05) is 31.4 Å². The van der Waals surface area contributed by atoms with Gasteiger partial charge in [0, 0.05) is 24.3 Å². The van der Waals surface area contributed by atoms with E-state index in [0.29, 0.717) is 5.69 Å². The van der Waals surface area contributed by atoms with Crippen molar-refractivity contribution in [2.75, 3.05) is 25.2 Å². The average molecular weight is 191 g/mol. The second-order valence-electron chi connectivity index (χ2n) is 3.04. The lowest BCUT2D eigenvalue weighted by Gasteiger charge is -2.07. The zero-order valence-corrected chi connectivity index (χ0v) is 8.24. The first-order chi connectivity index (χ1) is 6.77. The van der Waals surface area contributed by atoms with E-state index in [4.69, 9.17) is 10.6 Å². The summed E-state index contributed by atoms with van der Waals surface area (Å²) in [5.74, 6) is 0. The Morgan fingerprint density at radius 3 is 2.79 bits per heavy atom. The van der Waals surface area contributed by atoms with Gasteiger partial charge in [0.05, 0.1) is 5.69 Å². The van der Waals surface area contributed by atoms with Crippen molar-refractivity contribution >= 4 is 22.3 Å². The topological polar surface area (TPSA) is 52.2 Å². The quantitative estimate of drug-likeness (QED) is 0.704. The van der Waals surface area contributed by atoms with Gasteiger partial charge < -0.3 is 15.9 Å². The lowest BCUT2D eigenvalue weighted by molar-refractivity contribution is 0.179. The van der Waals surface area contributed by atoms with Gasteiger partial charge in [0.25, 0.3) is 0 Å². The molecule has 0 fully saturated rings. The van der Waals surface area contributed by atoms with Gasteiger partial charge in [-0.25, -0.2) is 0 Å². The lowest BCUT2D eigenvalue weighted by Crippen LogP contribution is -2.05. The van der Waals surface area contributed by atoms with Crippen molar-refractivity contribution in [1.82, 2.24) is 4.73 Å². The lowest BCUT2D eigenvalue weighted by atomic mass is 10.2. The minimum atomic E-state index is 0.714. The molecule has 4 nitrogen and oxygen atoms in total. The minimum Gasteiger partial charge on any atom is -0.417 e. The zero-order chi connectivity index (χ0) is 10.1. The van der Waals surface area contributed by atoms with Crippen LogP contribution in [-0.4, -0.2) is 18.9 Å². The van der Waals surface area contributed by atoms with Gasteiger partial charge >= 0.3 is 0 Å². The molecule has 1 aromatic carbocycles. The molecule has 2 aromatic rings. The van der Waals surface area contributed by atoms with Gasteiger partial charge in [0.1, 0.15) is 12.6 Å². The molecule has 3 N–H and O–H groups in total. The molecule has 0 saturated heterocycles. The van der Waals surface area contributed by atoms with Crippen molar-refractivity contribution in [3.8, 4) is 0 Å². The standard InChI is InChI=1S/C10H13N3O/c1-12-9-4-3-8(11)10-7(9)5-6-13(10)14-2/h3-6,12H,11H2,1-2H3. The van der Waals surface area contributed by atoms with Crippen LogP contribution in [0.1, 0.15) is 0 Å². The third kappa shape index (κ3) is 1.08. The Hall–Kier alpha value is -1.84. The maximum absolute atomic E-state index is 5.87. The largest absolute Gasteiger partial charge is 0.417 e. The van der Waals surface area contributed by atoms with E-state index in [9.17, 15) is 0 Å². The molecule has 0 aliphatic carbocycles. The van der Waals surface area contributed by atoms with Crippen LogP contribution in [0, 0.1) is 0 Å². The number of hydrogen-bond donors (Lipinski definition) is 2. The Balaban J connectivity index is 2.80. The minimum absolute atomic E-state index is 0.714. The van der Waals surface area contributed by atoms with Gasteiger partial charge in [0.15, 0.2) is 0 Å². The number of nitrogen functional groups attached to an aromatic ring is 1. The summed E-state index contributed by atoms with van der Waals surface area (Å²) in [6.45, 7) is 0. The summed E-state index contributed by atoms with van der Waals surface area (Å²) in [4.78, 5) is 5.16. The van der Waals surface area contributed by atoms with E-state index in [0.717, 1.165) is 16.6 Å². The van der Waals surface area contributed by atoms with Gasteiger partial charge in [-0.1, -0.05) is 0 Å². The number of anilines is 2. The second-order valence-corrected chi connectivity index (χ2v) is 3.04. The van der Waals surface area contributed by atoms with E-state index in [1.165, 1.54) is 0 Å². The highest BCUT2D eigenvalue weighted by Gasteiger charge is 2.07. The summed E-state index contributed by atoms with van der Waals surface area (Å²) in [7, 11) is 3.50. The molecule has 14 heavy (non-hydrogen) atoms. The Bertz CT molecular complexity index is 462. The van der Waals surface area contributed by atoms with Crippen LogP contribution in [0.15, 0.2) is 24.4 Å². The van der Waals surface area contributed by atoms with Crippen LogP contribution in [0.25, 0.3) is 10.9 Å². The summed E-state index contributed by atoms with van der Waals surface area (Å²) < 4.78 is 1.66. The van der Waals surface area contributed by atoms with E-state index in [-0.39, 0.29) is 0 Å². The van der Waals surface area contributed by atoms with Gasteiger partial charge in [-0.3, -0.25) is 0 Å². The van der Waals surface area contributed by atoms with Crippen LogP contribution in [0.5, 0.6) is 0 Å². The molecule has 0 bridgehead atoms. The van der Waals surface area contributed by atoms with Crippen LogP contribution >= 0.6 is 0 Å². The molecule has 0 spiro atoms. The fourth-order valence-corrected chi connectivity index (χ4v) is 1.63. The van der Waals surface area contributed by atoms with Crippen molar-refractivity contribution in [2.24, 2.45) is 0 Å². The Morgan fingerprint density at radius 2 is 2.14 bits per heavy atom. The molecule has 0 saturated carbocycles. The number of hydrogen-bond acceptors (Lipinski definition) is 3. The number of nitrogens with two attached hydrogens (primary N) is 1. The van der Waals surface area contributed by atoms with E-state index in [1.54, 1.807) is 11.8 Å². The van der Waals surface area contributed by atoms with Crippen molar-refractivity contribution in [1.29, 1.82) is 0 Å². The maximum atomic E-state index is 5.87. The average Bonchev–Trinajstić information content (AvgIpc) is 2.63. The van der Waals surface area contributed by atoms with E-state index < -0.39 is 0 Å². The predicted molar refractivity (Wildman–Crippen MR) is 58.4 cm³/mol. The summed E-state index contributed by atoms with van der Waals surface area (Å²) in [5.41, 5.74) is 8.53. The number of aromatic nitrogens is 1. The number of nitrogens with one attached hydrogen (secondary N) is 1. The molecule has 0 aliphatic rings. The Kier molecular flexibility index (Phi) is 1.96. The van der Waals surface area contributed by atoms with Crippen molar-refractivity contribution in [3.05, 3.63) is 24.4 Å². The molecule has 1 heterocycles. The molecule has 0 aliphatic heterocycles. The Morgan fingerprint density at radius 1 is 1.36 bits per heavy atom. The molecule has 74 valence electrons. The summed E-state index contributed by atoms with van der Waals surface area (Å²) >= 11 is 0. The first kappa shape index (κ1) is 8.74. The molecule has 1 aromatic heterocycles. The maximum Gasteiger partial charge on any atom is 0.112 e. The molecule has 0 amide bonds. The molecule has 0 atom stereocenters. The van der Waals surface area contributed by atoms with Crippen molar-refractivity contribution in [3.63, 3.8) is 0 Å². The van der Waals surface area contributed by atoms with Crippen molar-refractivity contribution in [2.45, 2.75) is 0 Å². The van der Waals surface area contributed by atoms with Gasteiger partial charge in [-0.05, 0) is 18.2 Å². The van der Waals surface area contributed by atoms with Gasteiger partial charge in [0.2, 0.25) is 0 Å². The third-order valence-corrected chi connectivity index (χ3v) is 2.31. The number of benzene rings is 1. The second kappa shape index (κ2) is 3.14. The van der Waals surface area contributed by atoms with Crippen LogP contribution in [0.4, 0.5) is 11.4 Å². The summed E-state index contributed by atoms with van der Waals surface area (Å²) in [6, 6.07) is 5.79. The number of nitrogens with zero attached hydrogens (tertiary/aromatic N) is 1. The molecular weight excluding hydrogens is 178 g/mol. The fourth-order valence-electron chi connectivity index (χ4n) is 1.63. The van der Waals surface area contributed by atoms with Crippen molar-refractivity contribution < 1.29 is 4.84 Å². The molecule has 0 unspecified atom stereocenters. The fraction of sp³-hybridized carbons (Fsp3) is 0.200. The highest BCUT2D eigenvalue weighted by atomic mass is 16.6. The summed E-state index contributed by atoms with van der Waals surface area (Å²) in [5, 5.41) is 4.17. The van der Waals surface area contributed by atoms with E-state index in [2.05, 4.69) is 5.32 Å². The van der Waals surface area contributed by atoms with Crippen LogP contribution in [-0.2, 0) is 0 Å². The molecule has 2 rings (SSSR count). The molecule has 0 radical (unpaired) electrons. The first-order valence-electron chi connectivity index (χ1n) is 4.39. The van der Waals surface area contributed by atoms with Crippen LogP contribution in [0.2, 0.25) is 0 Å². The highest BCUT2D eigenvalue weighted by Crippen LogP contribution is 2.28. The monoisotopic (exact) mass is 191 g/mol. The van der Waals surface area contributed by atoms with Gasteiger partial charge in [-0.15, -0.1) is 0 Å². The normalized spacial score (nSPS) is 10.4. The highest BCUT2D eigenvalue weighted by molar-refractivity contribution is 5.99. The SMILES string of the molecule is CNc1ccc(N)c2c1ccn2OC. The number of rotatable bonds is 2. The van der Waals surface area contributed by atoms with Crippen LogP contribution < -0.4 is 15.9 Å². The van der Waals surface area contributed by atoms with E-state index >= 15 is 0 Å². The molecular formula is C10H13N3O. The van der Waals surface area contributed by atoms with Crippen LogP contribution in [0.3, 0.4) is 0 Å². The Labute approximate surface area is 82.2 Å². The zero-order valence-electron chi connectivity index (χ0n) is 8.24. The molecule has 4 heteroatoms. The third-order valence-electron chi connectivity index (χ3n) is 2.31. The predicted octanol–water partition coefficient (Wildman–Crippen LogP) is 1.32. The summed E-state index contributed by atoms with van der Waals surface area (Å²) in [6.07, 6.45) is 1.85. The van der Waals surface area contributed by atoms with Gasteiger partial charge in [-0.2, -0.15) is 4.73 Å². The number of fused-ring (bicyclic) bond motifs is 1.